The van der Waals surface area contributed by atoms with Crippen molar-refractivity contribution in [2.45, 2.75) is 23.2 Å². The maximum Gasteiger partial charge on any atom is 0.231 e. The third-order valence-electron chi connectivity index (χ3n) is 7.97. The van der Waals surface area contributed by atoms with Gasteiger partial charge in [-0.3, -0.25) is 4.79 Å². The van der Waals surface area contributed by atoms with E-state index in [1.165, 1.54) is 12.0 Å². The Kier molecular flexibility index (Phi) is 5.48. The van der Waals surface area contributed by atoms with Gasteiger partial charge < -0.3 is 38.8 Å². The monoisotopic (exact) mass is 519 g/mol. The molecule has 2 aliphatic heterocycles. The third-order valence-corrected chi connectivity index (χ3v) is 7.97. The smallest absolute Gasteiger partial charge is 0.231 e. The van der Waals surface area contributed by atoms with Crippen LogP contribution in [-0.4, -0.2) is 62.2 Å². The molecule has 5 atom stereocenters. The molecule has 38 heavy (non-hydrogen) atoms. The zero-order valence-electron chi connectivity index (χ0n) is 21.5. The summed E-state index contributed by atoms with van der Waals surface area (Å²) in [6, 6.07) is 18.1. The van der Waals surface area contributed by atoms with Crippen LogP contribution in [0.3, 0.4) is 0 Å². The molecule has 0 radical (unpaired) electrons. The van der Waals surface area contributed by atoms with Gasteiger partial charge in [0.2, 0.25) is 18.4 Å². The summed E-state index contributed by atoms with van der Waals surface area (Å²) in [5, 5.41) is 25.0. The van der Waals surface area contributed by atoms with Crippen LogP contribution >= 0.6 is 0 Å². The van der Waals surface area contributed by atoms with Gasteiger partial charge >= 0.3 is 0 Å². The average molecular weight is 520 g/mol. The predicted molar refractivity (Wildman–Crippen MR) is 136 cm³/mol. The van der Waals surface area contributed by atoms with E-state index in [9.17, 15) is 15.0 Å². The van der Waals surface area contributed by atoms with E-state index in [-0.39, 0.29) is 29.8 Å². The van der Waals surface area contributed by atoms with Gasteiger partial charge in [0, 0.05) is 26.1 Å². The highest BCUT2D eigenvalue weighted by Gasteiger charge is 2.78. The second-order valence-corrected chi connectivity index (χ2v) is 9.94. The second-order valence-electron chi connectivity index (χ2n) is 9.94. The van der Waals surface area contributed by atoms with Gasteiger partial charge in [0.15, 0.2) is 22.7 Å². The highest BCUT2D eigenvalue weighted by atomic mass is 16.7. The lowest BCUT2D eigenvalue weighted by atomic mass is 9.70. The number of aliphatic hydroxyl groups is 2. The molecule has 1 saturated carbocycles. The Bertz CT molecular complexity index is 1390. The number of amides is 1. The summed E-state index contributed by atoms with van der Waals surface area (Å²) in [4.78, 5) is 15.2. The van der Waals surface area contributed by atoms with Crippen LogP contribution in [0.1, 0.15) is 22.6 Å². The first-order chi connectivity index (χ1) is 18.3. The molecule has 0 bridgehead atoms. The average Bonchev–Trinajstić information content (AvgIpc) is 3.56. The number of nitrogens with zero attached hydrogens (tertiary/aromatic N) is 1. The van der Waals surface area contributed by atoms with Crippen LogP contribution in [0, 0.1) is 5.92 Å². The molecule has 2 N–H and O–H groups in total. The highest BCUT2D eigenvalue weighted by molar-refractivity contribution is 5.83. The van der Waals surface area contributed by atoms with Crippen molar-refractivity contribution in [3.63, 3.8) is 0 Å². The molecule has 2 unspecified atom stereocenters. The summed E-state index contributed by atoms with van der Waals surface area (Å²) in [6.07, 6.45) is -1.57. The van der Waals surface area contributed by atoms with Gasteiger partial charge in [-0.25, -0.2) is 0 Å². The molecule has 0 aromatic heterocycles. The van der Waals surface area contributed by atoms with Crippen molar-refractivity contribution in [1.82, 2.24) is 4.90 Å². The van der Waals surface area contributed by atoms with Crippen LogP contribution < -0.4 is 23.7 Å². The number of benzene rings is 3. The Hall–Kier alpha value is -3.95. The van der Waals surface area contributed by atoms with Crippen molar-refractivity contribution >= 4 is 5.91 Å². The van der Waals surface area contributed by atoms with E-state index in [0.717, 1.165) is 5.56 Å². The molecule has 0 saturated heterocycles. The minimum Gasteiger partial charge on any atom is -0.497 e. The Morgan fingerprint density at radius 3 is 2.34 bits per heavy atom. The lowest BCUT2D eigenvalue weighted by Crippen LogP contribution is -2.52. The first kappa shape index (κ1) is 24.4. The first-order valence-electron chi connectivity index (χ1n) is 12.3. The number of methoxy groups -OCH3 is 2. The van der Waals surface area contributed by atoms with Crippen molar-refractivity contribution < 1.29 is 38.7 Å². The number of ether oxygens (including phenoxy) is 5. The van der Waals surface area contributed by atoms with E-state index in [1.807, 2.05) is 30.3 Å². The maximum atomic E-state index is 13.7. The highest BCUT2D eigenvalue weighted by Crippen LogP contribution is 2.71. The summed E-state index contributed by atoms with van der Waals surface area (Å²) in [5.74, 6) is -0.397. The van der Waals surface area contributed by atoms with Crippen molar-refractivity contribution in [2.24, 2.45) is 5.92 Å². The number of carbonyl (C=O) groups excluding carboxylic acids is 1. The van der Waals surface area contributed by atoms with Gasteiger partial charge in [-0.05, 0) is 23.3 Å². The number of rotatable bonds is 5. The van der Waals surface area contributed by atoms with Gasteiger partial charge in [-0.2, -0.15) is 0 Å². The fourth-order valence-electron chi connectivity index (χ4n) is 6.40. The number of fused-ring (bicyclic) bond motifs is 4. The topological polar surface area (TPSA) is 107 Å². The molecule has 2 heterocycles. The predicted octanol–water partition coefficient (Wildman–Crippen LogP) is 2.77. The van der Waals surface area contributed by atoms with Gasteiger partial charge in [0.1, 0.15) is 17.6 Å². The summed E-state index contributed by atoms with van der Waals surface area (Å²) in [7, 11) is 6.27. The molecule has 1 aliphatic carbocycles. The Labute approximate surface area is 220 Å². The molecule has 0 spiro atoms. The summed E-state index contributed by atoms with van der Waals surface area (Å²) in [5.41, 5.74) is -2.24. The van der Waals surface area contributed by atoms with Gasteiger partial charge in [-0.1, -0.05) is 42.5 Å². The van der Waals surface area contributed by atoms with E-state index >= 15 is 0 Å². The standard InChI is InChI=1S/C29H29NO8/c1-30(2)27(32)21-22(16-8-6-5-7-9-16)29(17-10-12-18(34-3)13-11-17)28(33,26(21)31)23-19(38-29)14-20-24(25(23)35-4)37-15-36-20/h5-14,21-22,26,31,33H,15H2,1-4H3/t21?,22-,26?,28+,29+/m1/s1. The summed E-state index contributed by atoms with van der Waals surface area (Å²) < 4.78 is 29.2. The third kappa shape index (κ3) is 2.97. The Morgan fingerprint density at radius 2 is 1.71 bits per heavy atom. The van der Waals surface area contributed by atoms with Crippen LogP contribution in [0.5, 0.6) is 28.7 Å². The van der Waals surface area contributed by atoms with Crippen molar-refractivity contribution in [2.75, 3.05) is 35.1 Å². The number of carbonyl (C=O) groups is 1. The summed E-state index contributed by atoms with van der Waals surface area (Å²) in [6.45, 7) is -0.0203. The molecule has 1 fully saturated rings. The molecule has 3 aromatic carbocycles. The van der Waals surface area contributed by atoms with Crippen molar-refractivity contribution in [3.8, 4) is 28.7 Å². The molecule has 198 valence electrons. The zero-order chi connectivity index (χ0) is 26.8. The molecular formula is C29H29NO8. The SMILES string of the molecule is COc1ccc([C@@]23Oc4cc5c(c(OC)c4[C@]2(O)C(O)C(C(=O)N(C)C)[C@H]3c2ccccc2)OCO5)cc1. The van der Waals surface area contributed by atoms with Crippen LogP contribution in [0.2, 0.25) is 0 Å². The van der Waals surface area contributed by atoms with E-state index in [2.05, 4.69) is 0 Å². The van der Waals surface area contributed by atoms with E-state index < -0.39 is 29.1 Å². The number of hydrogen-bond donors (Lipinski definition) is 2. The van der Waals surface area contributed by atoms with E-state index in [1.54, 1.807) is 51.5 Å². The molecule has 3 aliphatic rings. The molecule has 9 heteroatoms. The van der Waals surface area contributed by atoms with Crippen LogP contribution in [0.25, 0.3) is 0 Å². The number of hydrogen-bond acceptors (Lipinski definition) is 8. The zero-order valence-corrected chi connectivity index (χ0v) is 21.5. The lowest BCUT2D eigenvalue weighted by Gasteiger charge is -2.41. The Morgan fingerprint density at radius 1 is 1.00 bits per heavy atom. The second kappa shape index (κ2) is 8.54. The van der Waals surface area contributed by atoms with Gasteiger partial charge in [0.05, 0.1) is 25.7 Å². The van der Waals surface area contributed by atoms with Gasteiger partial charge in [-0.15, -0.1) is 0 Å². The van der Waals surface area contributed by atoms with E-state index in [4.69, 9.17) is 23.7 Å². The van der Waals surface area contributed by atoms with Crippen LogP contribution in [0.4, 0.5) is 0 Å². The minimum absolute atomic E-state index is 0.0203. The Balaban J connectivity index is 1.71. The van der Waals surface area contributed by atoms with E-state index in [0.29, 0.717) is 22.8 Å². The molecule has 3 aromatic rings. The normalized spacial score (nSPS) is 28.3. The fraction of sp³-hybridized carbons (Fsp3) is 0.345. The molecule has 9 nitrogen and oxygen atoms in total. The quantitative estimate of drug-likeness (QED) is 0.530. The summed E-state index contributed by atoms with van der Waals surface area (Å²) >= 11 is 0. The molecule has 1 amide bonds. The molecular weight excluding hydrogens is 490 g/mol. The number of aliphatic hydroxyl groups excluding tert-OH is 1. The fourth-order valence-corrected chi connectivity index (χ4v) is 6.40. The maximum absolute atomic E-state index is 13.7. The van der Waals surface area contributed by atoms with Gasteiger partial charge in [0.25, 0.3) is 0 Å². The largest absolute Gasteiger partial charge is 0.497 e. The lowest BCUT2D eigenvalue weighted by molar-refractivity contribution is -0.156. The van der Waals surface area contributed by atoms with Crippen LogP contribution in [-0.2, 0) is 16.0 Å². The first-order valence-corrected chi connectivity index (χ1v) is 12.3. The van der Waals surface area contributed by atoms with Crippen molar-refractivity contribution in [3.05, 3.63) is 77.4 Å². The minimum atomic E-state index is -2.11. The molecule has 6 rings (SSSR count). The van der Waals surface area contributed by atoms with Crippen molar-refractivity contribution in [1.29, 1.82) is 0 Å². The van der Waals surface area contributed by atoms with Crippen LogP contribution in [0.15, 0.2) is 60.7 Å².